The van der Waals surface area contributed by atoms with Gasteiger partial charge in [-0.3, -0.25) is 14.4 Å². The molecule has 1 atom stereocenters. The van der Waals surface area contributed by atoms with Gasteiger partial charge in [0, 0.05) is 0 Å². The van der Waals surface area contributed by atoms with Gasteiger partial charge in [0.1, 0.15) is 11.7 Å². The molecule has 3 aromatic carbocycles. The van der Waals surface area contributed by atoms with E-state index in [1.807, 2.05) is 0 Å². The minimum absolute atomic E-state index is 0.359. The van der Waals surface area contributed by atoms with E-state index in [0.717, 1.165) is 6.08 Å². The molecule has 0 bridgehead atoms. The second-order valence-electron chi connectivity index (χ2n) is 8.92. The van der Waals surface area contributed by atoms with Crippen molar-refractivity contribution >= 4 is 29.6 Å². The number of nitrogens with one attached hydrogen (secondary N) is 1. The normalized spacial score (nSPS) is 11.8. The Kier molecular flexibility index (Phi) is 11.2. The number of allylic oxidation sites excluding steroid dienone is 2. The third-order valence-corrected chi connectivity index (χ3v) is 6.35. The summed E-state index contributed by atoms with van der Waals surface area (Å²) in [6.45, 7) is 3.47. The lowest BCUT2D eigenvalue weighted by Crippen LogP contribution is -2.39. The number of ketones is 2. The van der Waals surface area contributed by atoms with Crippen LogP contribution in [0.25, 0.3) is 12.2 Å². The first-order chi connectivity index (χ1) is 20.2. The Balaban J connectivity index is 2.05. The van der Waals surface area contributed by atoms with Crippen molar-refractivity contribution < 1.29 is 37.7 Å². The Morgan fingerprint density at radius 3 is 1.57 bits per heavy atom. The molecule has 0 aliphatic heterocycles. The maximum Gasteiger partial charge on any atom is 0.243 e. The fourth-order valence-corrected chi connectivity index (χ4v) is 4.19. The number of benzene rings is 3. The van der Waals surface area contributed by atoms with Crippen LogP contribution in [0.4, 0.5) is 4.39 Å². The molecule has 0 fully saturated rings. The van der Waals surface area contributed by atoms with Crippen molar-refractivity contribution in [2.75, 3.05) is 28.4 Å². The number of ether oxygens (including phenoxy) is 4. The van der Waals surface area contributed by atoms with Crippen LogP contribution in [0.3, 0.4) is 0 Å². The SMILES string of the molecule is C=CC(=O)NC(c1ccc(F)cc1)C(C(=O)/C=C/c1ccc(OC)c(OC)c1)C(=O)/C=C/c1ccc(OC)c(OC)c1. The smallest absolute Gasteiger partial charge is 0.243 e. The van der Waals surface area contributed by atoms with Gasteiger partial charge in [0.25, 0.3) is 0 Å². The lowest BCUT2D eigenvalue weighted by atomic mass is 9.85. The first-order valence-corrected chi connectivity index (χ1v) is 12.8. The van der Waals surface area contributed by atoms with Crippen LogP contribution in [-0.2, 0) is 14.4 Å². The summed E-state index contributed by atoms with van der Waals surface area (Å²) >= 11 is 0. The van der Waals surface area contributed by atoms with E-state index in [2.05, 4.69) is 11.9 Å². The number of carbonyl (C=O) groups is 3. The van der Waals surface area contributed by atoms with E-state index in [1.165, 1.54) is 77.0 Å². The van der Waals surface area contributed by atoms with Crippen LogP contribution < -0.4 is 24.3 Å². The summed E-state index contributed by atoms with van der Waals surface area (Å²) in [4.78, 5) is 39.8. The van der Waals surface area contributed by atoms with E-state index in [9.17, 15) is 18.8 Å². The number of carbonyl (C=O) groups excluding carboxylic acids is 3. The van der Waals surface area contributed by atoms with Gasteiger partial charge in [-0.2, -0.15) is 0 Å². The summed E-state index contributed by atoms with van der Waals surface area (Å²) in [5.74, 6) is -1.76. The lowest BCUT2D eigenvalue weighted by Gasteiger charge is -2.25. The summed E-state index contributed by atoms with van der Waals surface area (Å²) in [6, 6.07) is 14.2. The first kappa shape index (κ1) is 31.3. The highest BCUT2D eigenvalue weighted by Crippen LogP contribution is 2.31. The number of hydrogen-bond donors (Lipinski definition) is 1. The van der Waals surface area contributed by atoms with Gasteiger partial charge < -0.3 is 24.3 Å². The van der Waals surface area contributed by atoms with E-state index < -0.39 is 35.3 Å². The molecule has 0 saturated carbocycles. The van der Waals surface area contributed by atoms with Crippen LogP contribution in [0.1, 0.15) is 22.7 Å². The van der Waals surface area contributed by atoms with Gasteiger partial charge in [-0.05, 0) is 71.3 Å². The molecule has 3 rings (SSSR count). The predicted molar refractivity (Wildman–Crippen MR) is 158 cm³/mol. The van der Waals surface area contributed by atoms with Crippen molar-refractivity contribution in [1.29, 1.82) is 0 Å². The van der Waals surface area contributed by atoms with Crippen LogP contribution >= 0.6 is 0 Å². The van der Waals surface area contributed by atoms with Crippen molar-refractivity contribution in [2.45, 2.75) is 6.04 Å². The van der Waals surface area contributed by atoms with Crippen molar-refractivity contribution in [3.8, 4) is 23.0 Å². The van der Waals surface area contributed by atoms with Crippen LogP contribution in [0, 0.1) is 11.7 Å². The first-order valence-electron chi connectivity index (χ1n) is 12.8. The molecule has 1 N–H and O–H groups in total. The highest BCUT2D eigenvalue weighted by atomic mass is 19.1. The third-order valence-electron chi connectivity index (χ3n) is 6.35. The van der Waals surface area contributed by atoms with E-state index in [4.69, 9.17) is 18.9 Å². The van der Waals surface area contributed by atoms with Gasteiger partial charge in [-0.25, -0.2) is 4.39 Å². The Morgan fingerprint density at radius 2 is 1.17 bits per heavy atom. The van der Waals surface area contributed by atoms with Gasteiger partial charge in [0.15, 0.2) is 34.6 Å². The molecule has 0 heterocycles. The van der Waals surface area contributed by atoms with Gasteiger partial charge >= 0.3 is 0 Å². The minimum Gasteiger partial charge on any atom is -0.493 e. The average molecular weight is 574 g/mol. The van der Waals surface area contributed by atoms with Gasteiger partial charge in [-0.1, -0.05) is 43.0 Å². The number of methoxy groups -OCH3 is 4. The number of amides is 1. The zero-order valence-corrected chi connectivity index (χ0v) is 23.8. The largest absolute Gasteiger partial charge is 0.493 e. The molecule has 0 aliphatic rings. The lowest BCUT2D eigenvalue weighted by molar-refractivity contribution is -0.129. The van der Waals surface area contributed by atoms with Crippen molar-refractivity contribution in [3.05, 3.63) is 108 Å². The Morgan fingerprint density at radius 1 is 0.714 bits per heavy atom. The van der Waals surface area contributed by atoms with E-state index in [0.29, 0.717) is 39.7 Å². The van der Waals surface area contributed by atoms with Crippen molar-refractivity contribution in [1.82, 2.24) is 5.32 Å². The summed E-state index contributed by atoms with van der Waals surface area (Å²) in [7, 11) is 6.00. The monoisotopic (exact) mass is 573 g/mol. The van der Waals surface area contributed by atoms with Gasteiger partial charge in [0.2, 0.25) is 5.91 Å². The highest BCUT2D eigenvalue weighted by Gasteiger charge is 2.34. The predicted octanol–water partition coefficient (Wildman–Crippen LogP) is 5.38. The molecular formula is C33H32FNO7. The quantitative estimate of drug-likeness (QED) is 0.204. The van der Waals surface area contributed by atoms with Crippen LogP contribution in [0.2, 0.25) is 0 Å². The van der Waals surface area contributed by atoms with Crippen molar-refractivity contribution in [3.63, 3.8) is 0 Å². The summed E-state index contributed by atoms with van der Waals surface area (Å²) in [5, 5.41) is 2.67. The standard InChI is InChI=1S/C33H32FNO7/c1-6-31(38)35-33(23-11-13-24(34)14-12-23)32(25(36)15-7-21-9-17-27(39-2)29(19-21)41-4)26(37)16-8-22-10-18-28(40-3)30(20-22)42-5/h6-20,32-33H,1H2,2-5H3,(H,35,38)/b15-7+,16-8+. The fraction of sp³-hybridized carbons (Fsp3) is 0.182. The Hall–Kier alpha value is -5.18. The maximum absolute atomic E-state index is 13.7. The zero-order valence-electron chi connectivity index (χ0n) is 23.8. The minimum atomic E-state index is -1.40. The second kappa shape index (κ2) is 15.0. The molecule has 0 spiro atoms. The molecule has 218 valence electrons. The van der Waals surface area contributed by atoms with Crippen LogP contribution in [-0.4, -0.2) is 45.9 Å². The summed E-state index contributed by atoms with van der Waals surface area (Å²) in [6.07, 6.45) is 6.59. The second-order valence-corrected chi connectivity index (χ2v) is 8.92. The van der Waals surface area contributed by atoms with Crippen LogP contribution in [0.15, 0.2) is 85.5 Å². The number of hydrogen-bond acceptors (Lipinski definition) is 7. The molecule has 1 amide bonds. The van der Waals surface area contributed by atoms with E-state index >= 15 is 0 Å². The third kappa shape index (κ3) is 7.94. The van der Waals surface area contributed by atoms with Crippen molar-refractivity contribution in [2.24, 2.45) is 5.92 Å². The number of rotatable bonds is 14. The summed E-state index contributed by atoms with van der Waals surface area (Å²) < 4.78 is 34.9. The zero-order chi connectivity index (χ0) is 30.6. The highest BCUT2D eigenvalue weighted by molar-refractivity contribution is 6.14. The molecule has 0 aliphatic carbocycles. The molecular weight excluding hydrogens is 541 g/mol. The molecule has 0 aromatic heterocycles. The van der Waals surface area contributed by atoms with Gasteiger partial charge in [0.05, 0.1) is 34.5 Å². The fourth-order valence-electron chi connectivity index (χ4n) is 4.19. The summed E-state index contributed by atoms with van der Waals surface area (Å²) in [5.41, 5.74) is 1.58. The van der Waals surface area contributed by atoms with E-state index in [-0.39, 0.29) is 0 Å². The maximum atomic E-state index is 13.7. The van der Waals surface area contributed by atoms with Crippen LogP contribution in [0.5, 0.6) is 23.0 Å². The average Bonchev–Trinajstić information content (AvgIpc) is 3.02. The molecule has 9 heteroatoms. The van der Waals surface area contributed by atoms with E-state index in [1.54, 1.807) is 36.4 Å². The molecule has 0 saturated heterocycles. The Bertz CT molecular complexity index is 1420. The topological polar surface area (TPSA) is 100 Å². The van der Waals surface area contributed by atoms with Gasteiger partial charge in [-0.15, -0.1) is 0 Å². The molecule has 0 radical (unpaired) electrons. The number of halogens is 1. The molecule has 8 nitrogen and oxygen atoms in total. The Labute approximate surface area is 244 Å². The molecule has 1 unspecified atom stereocenters. The molecule has 42 heavy (non-hydrogen) atoms. The molecule has 3 aromatic rings.